The molecular weight excluding hydrogens is 309 g/mol. The van der Waals surface area contributed by atoms with Crippen LogP contribution >= 0.6 is 0 Å². The van der Waals surface area contributed by atoms with Gasteiger partial charge < -0.3 is 15.0 Å². The second-order valence-corrected chi connectivity index (χ2v) is 6.17. The van der Waals surface area contributed by atoms with Gasteiger partial charge in [0.25, 0.3) is 0 Å². The lowest BCUT2D eigenvalue weighted by Gasteiger charge is -2.28. The normalized spacial score (nSPS) is 17.8. The second-order valence-electron chi connectivity index (χ2n) is 6.17. The molecule has 6 nitrogen and oxygen atoms in total. The third-order valence-electron chi connectivity index (χ3n) is 4.39. The van der Waals surface area contributed by atoms with Crippen LogP contribution in [-0.4, -0.2) is 41.3 Å². The van der Waals surface area contributed by atoms with E-state index in [4.69, 9.17) is 4.74 Å². The van der Waals surface area contributed by atoms with Crippen molar-refractivity contribution in [3.8, 4) is 0 Å². The summed E-state index contributed by atoms with van der Waals surface area (Å²) in [5, 5.41) is 3.09. The van der Waals surface area contributed by atoms with Crippen molar-refractivity contribution in [2.75, 3.05) is 36.5 Å². The van der Waals surface area contributed by atoms with E-state index < -0.39 is 0 Å². The molecule has 4 rings (SSSR count). The number of hydrogen-bond acceptors (Lipinski definition) is 6. The lowest BCUT2D eigenvalue weighted by Crippen LogP contribution is -2.36. The van der Waals surface area contributed by atoms with Crippen molar-refractivity contribution in [3.63, 3.8) is 0 Å². The molecule has 7 heteroatoms. The SMILES string of the molecule is Fc1c(NCc2ccnc(N3CCOCC3)c2)ncnc1C1CC1. The number of anilines is 2. The Hall–Kier alpha value is -2.28. The second kappa shape index (κ2) is 6.68. The van der Waals surface area contributed by atoms with Gasteiger partial charge in [0.15, 0.2) is 11.6 Å². The van der Waals surface area contributed by atoms with Crippen molar-refractivity contribution < 1.29 is 9.13 Å². The van der Waals surface area contributed by atoms with Gasteiger partial charge in [0.05, 0.1) is 18.9 Å². The Bertz CT molecular complexity index is 716. The monoisotopic (exact) mass is 329 g/mol. The van der Waals surface area contributed by atoms with Gasteiger partial charge in [-0.25, -0.2) is 19.3 Å². The smallest absolute Gasteiger partial charge is 0.187 e. The highest BCUT2D eigenvalue weighted by Gasteiger charge is 2.29. The molecule has 0 radical (unpaired) electrons. The maximum Gasteiger partial charge on any atom is 0.187 e. The number of aromatic nitrogens is 3. The van der Waals surface area contributed by atoms with E-state index >= 15 is 0 Å². The van der Waals surface area contributed by atoms with Gasteiger partial charge in [-0.2, -0.15) is 0 Å². The first-order chi connectivity index (χ1) is 11.8. The summed E-state index contributed by atoms with van der Waals surface area (Å²) in [6.07, 6.45) is 5.25. The van der Waals surface area contributed by atoms with Crippen molar-refractivity contribution in [3.05, 3.63) is 41.7 Å². The summed E-state index contributed by atoms with van der Waals surface area (Å²) in [4.78, 5) is 14.7. The Kier molecular flexibility index (Phi) is 4.25. The molecule has 3 heterocycles. The Morgan fingerprint density at radius 3 is 2.83 bits per heavy atom. The first kappa shape index (κ1) is 15.3. The van der Waals surface area contributed by atoms with Crippen LogP contribution in [0, 0.1) is 5.82 Å². The van der Waals surface area contributed by atoms with E-state index in [-0.39, 0.29) is 17.6 Å². The molecule has 0 atom stereocenters. The minimum Gasteiger partial charge on any atom is -0.378 e. The molecule has 1 saturated heterocycles. The van der Waals surface area contributed by atoms with Gasteiger partial charge in [0.1, 0.15) is 12.1 Å². The lowest BCUT2D eigenvalue weighted by atomic mass is 10.2. The molecule has 1 saturated carbocycles. The fraction of sp³-hybridized carbons (Fsp3) is 0.471. The summed E-state index contributed by atoms with van der Waals surface area (Å²) < 4.78 is 19.8. The first-order valence-corrected chi connectivity index (χ1v) is 8.33. The molecule has 0 amide bonds. The van der Waals surface area contributed by atoms with E-state index in [1.54, 1.807) is 6.20 Å². The van der Waals surface area contributed by atoms with Crippen molar-refractivity contribution in [2.24, 2.45) is 0 Å². The van der Waals surface area contributed by atoms with Crippen LogP contribution in [-0.2, 0) is 11.3 Å². The third kappa shape index (κ3) is 3.31. The zero-order chi connectivity index (χ0) is 16.4. The Morgan fingerprint density at radius 1 is 1.21 bits per heavy atom. The largest absolute Gasteiger partial charge is 0.378 e. The molecule has 0 bridgehead atoms. The van der Waals surface area contributed by atoms with E-state index in [0.717, 1.165) is 50.5 Å². The zero-order valence-electron chi connectivity index (χ0n) is 13.4. The molecule has 0 unspecified atom stereocenters. The van der Waals surface area contributed by atoms with Crippen LogP contribution in [0.3, 0.4) is 0 Å². The zero-order valence-corrected chi connectivity index (χ0v) is 13.4. The summed E-state index contributed by atoms with van der Waals surface area (Å²) >= 11 is 0. The topological polar surface area (TPSA) is 63.2 Å². The van der Waals surface area contributed by atoms with E-state index in [1.807, 2.05) is 12.1 Å². The molecule has 2 aromatic rings. The molecule has 2 fully saturated rings. The van der Waals surface area contributed by atoms with Crippen LogP contribution in [0.5, 0.6) is 0 Å². The number of rotatable bonds is 5. The van der Waals surface area contributed by atoms with Gasteiger partial charge in [-0.05, 0) is 30.5 Å². The third-order valence-corrected chi connectivity index (χ3v) is 4.39. The Balaban J connectivity index is 1.45. The average Bonchev–Trinajstić information content (AvgIpc) is 3.47. The predicted molar refractivity (Wildman–Crippen MR) is 88.6 cm³/mol. The van der Waals surface area contributed by atoms with E-state index in [0.29, 0.717) is 12.2 Å². The standard InChI is InChI=1S/C17H20FN5O/c18-15-16(13-1-2-13)21-11-22-17(15)20-10-12-3-4-19-14(9-12)23-5-7-24-8-6-23/h3-4,9,11,13H,1-2,5-8,10H2,(H,20,21,22). The molecule has 2 aliphatic rings. The number of hydrogen-bond donors (Lipinski definition) is 1. The lowest BCUT2D eigenvalue weighted by molar-refractivity contribution is 0.122. The quantitative estimate of drug-likeness (QED) is 0.908. The molecule has 2 aromatic heterocycles. The summed E-state index contributed by atoms with van der Waals surface area (Å²) in [6, 6.07) is 3.96. The predicted octanol–water partition coefficient (Wildman–Crippen LogP) is 2.34. The van der Waals surface area contributed by atoms with Gasteiger partial charge >= 0.3 is 0 Å². The number of nitrogens with one attached hydrogen (secondary N) is 1. The summed E-state index contributed by atoms with van der Waals surface area (Å²) in [5.74, 6) is 1.15. The van der Waals surface area contributed by atoms with Gasteiger partial charge in [-0.15, -0.1) is 0 Å². The molecule has 1 aliphatic carbocycles. The van der Waals surface area contributed by atoms with E-state index in [1.165, 1.54) is 6.33 Å². The van der Waals surface area contributed by atoms with Crippen LogP contribution in [0.25, 0.3) is 0 Å². The molecule has 0 spiro atoms. The summed E-state index contributed by atoms with van der Waals surface area (Å²) in [6.45, 7) is 3.63. The number of ether oxygens (including phenoxy) is 1. The van der Waals surface area contributed by atoms with Gasteiger partial charge in [-0.1, -0.05) is 0 Å². The van der Waals surface area contributed by atoms with Gasteiger partial charge in [0, 0.05) is 31.7 Å². The van der Waals surface area contributed by atoms with Crippen LogP contribution in [0.15, 0.2) is 24.7 Å². The van der Waals surface area contributed by atoms with Crippen molar-refractivity contribution in [1.29, 1.82) is 0 Å². The van der Waals surface area contributed by atoms with Crippen LogP contribution in [0.1, 0.15) is 30.0 Å². The maximum atomic E-state index is 14.4. The maximum absolute atomic E-state index is 14.4. The minimum atomic E-state index is -0.317. The molecule has 126 valence electrons. The average molecular weight is 329 g/mol. The summed E-state index contributed by atoms with van der Waals surface area (Å²) in [7, 11) is 0. The van der Waals surface area contributed by atoms with Crippen LogP contribution in [0.4, 0.5) is 16.0 Å². The number of halogens is 1. The number of morpholine rings is 1. The number of nitrogens with zero attached hydrogens (tertiary/aromatic N) is 4. The van der Waals surface area contributed by atoms with Gasteiger partial charge in [0.2, 0.25) is 0 Å². The number of pyridine rings is 1. The molecule has 24 heavy (non-hydrogen) atoms. The minimum absolute atomic E-state index is 0.266. The first-order valence-electron chi connectivity index (χ1n) is 8.33. The molecule has 1 aliphatic heterocycles. The Labute approximate surface area is 140 Å². The highest BCUT2D eigenvalue weighted by molar-refractivity contribution is 5.44. The van der Waals surface area contributed by atoms with E-state index in [9.17, 15) is 4.39 Å². The fourth-order valence-electron chi connectivity index (χ4n) is 2.87. The Morgan fingerprint density at radius 2 is 2.04 bits per heavy atom. The summed E-state index contributed by atoms with van der Waals surface area (Å²) in [5.41, 5.74) is 1.58. The molecule has 1 N–H and O–H groups in total. The van der Waals surface area contributed by atoms with Crippen molar-refractivity contribution in [1.82, 2.24) is 15.0 Å². The van der Waals surface area contributed by atoms with Crippen LogP contribution < -0.4 is 10.2 Å². The molecule has 0 aromatic carbocycles. The highest BCUT2D eigenvalue weighted by Crippen LogP contribution is 2.40. The van der Waals surface area contributed by atoms with Crippen molar-refractivity contribution in [2.45, 2.75) is 25.3 Å². The fourth-order valence-corrected chi connectivity index (χ4v) is 2.87. The van der Waals surface area contributed by atoms with E-state index in [2.05, 4.69) is 25.2 Å². The van der Waals surface area contributed by atoms with Crippen LogP contribution in [0.2, 0.25) is 0 Å². The van der Waals surface area contributed by atoms with Crippen molar-refractivity contribution >= 4 is 11.6 Å². The van der Waals surface area contributed by atoms with Gasteiger partial charge in [-0.3, -0.25) is 0 Å². The molecular formula is C17H20FN5O. The highest BCUT2D eigenvalue weighted by atomic mass is 19.1.